The first-order chi connectivity index (χ1) is 15.0. The normalized spacial score (nSPS) is 15.4. The van der Waals surface area contributed by atoms with Gasteiger partial charge in [-0.25, -0.2) is 0 Å². The molecule has 0 aliphatic heterocycles. The Kier molecular flexibility index (Phi) is 11.1. The van der Waals surface area contributed by atoms with Gasteiger partial charge >= 0.3 is 26.2 Å². The summed E-state index contributed by atoms with van der Waals surface area (Å²) in [5, 5.41) is 0. The van der Waals surface area contributed by atoms with Crippen LogP contribution in [-0.2, 0) is 43.5 Å². The zero-order chi connectivity index (χ0) is 23.1. The van der Waals surface area contributed by atoms with Gasteiger partial charge in [-0.2, -0.15) is 41.5 Å². The van der Waals surface area contributed by atoms with Gasteiger partial charge in [0.25, 0.3) is 0 Å². The minimum atomic E-state index is 0. The molecule has 0 amide bonds. The Morgan fingerprint density at radius 2 is 1.57 bits per heavy atom. The number of rotatable bonds is 1. The summed E-state index contributed by atoms with van der Waals surface area (Å²) >= 11 is 0. The van der Waals surface area contributed by atoms with Gasteiger partial charge in [0, 0.05) is 6.26 Å². The molecule has 4 heteroatoms. The molecule has 2 aliphatic carbocycles. The van der Waals surface area contributed by atoms with Gasteiger partial charge in [-0.05, 0) is 28.4 Å². The Labute approximate surface area is 243 Å². The van der Waals surface area contributed by atoms with E-state index in [2.05, 4.69) is 103 Å². The minimum Gasteiger partial charge on any atom is -1.00 e. The van der Waals surface area contributed by atoms with Gasteiger partial charge in [0.05, 0.1) is 6.26 Å². The van der Waals surface area contributed by atoms with Crippen LogP contribution in [-0.4, -0.2) is 0 Å². The van der Waals surface area contributed by atoms with Crippen molar-refractivity contribution in [3.05, 3.63) is 101 Å². The molecule has 2 aliphatic rings. The Bertz CT molecular complexity index is 1110. The molecule has 0 saturated carbocycles. The van der Waals surface area contributed by atoms with Crippen LogP contribution in [0.5, 0.6) is 0 Å². The molecular weight excluding hydrogens is 550 g/mol. The number of hydrogen-bond donors (Lipinski definition) is 0. The summed E-state index contributed by atoms with van der Waals surface area (Å²) in [5.74, 6) is 0.444. The molecule has 1 nitrogen and oxygen atoms in total. The molecule has 5 rings (SSSR count). The van der Waals surface area contributed by atoms with E-state index < -0.39 is 0 Å². The van der Waals surface area contributed by atoms with E-state index in [1.165, 1.54) is 33.4 Å². The van der Waals surface area contributed by atoms with E-state index in [-0.39, 0.29) is 61.8 Å². The second-order valence-electron chi connectivity index (χ2n) is 11.0. The molecular formula is C31H34Cl2OZr. The summed E-state index contributed by atoms with van der Waals surface area (Å²) in [7, 11) is 0. The third kappa shape index (κ3) is 7.34. The van der Waals surface area contributed by atoms with Gasteiger partial charge in [0.2, 0.25) is 0 Å². The molecule has 1 aromatic heterocycles. The van der Waals surface area contributed by atoms with E-state index in [9.17, 15) is 0 Å². The molecule has 1 heterocycles. The van der Waals surface area contributed by atoms with Crippen LogP contribution >= 0.6 is 0 Å². The van der Waals surface area contributed by atoms with Crippen molar-refractivity contribution < 1.29 is 55.4 Å². The van der Waals surface area contributed by atoms with Crippen molar-refractivity contribution >= 4 is 5.57 Å². The zero-order valence-electron chi connectivity index (χ0n) is 21.7. The fraction of sp³-hybridized carbons (Fsp3) is 0.355. The number of halogens is 2. The van der Waals surface area contributed by atoms with Crippen LogP contribution in [0.2, 0.25) is 0 Å². The molecule has 0 bridgehead atoms. The molecule has 35 heavy (non-hydrogen) atoms. The minimum absolute atomic E-state index is 0. The van der Waals surface area contributed by atoms with Crippen LogP contribution in [0.25, 0.3) is 16.7 Å². The van der Waals surface area contributed by atoms with Crippen LogP contribution in [0.15, 0.2) is 65.5 Å². The standard InChI is InChI=1S/C21H25.C10H9O.2ClH.Zr/c1-20(2,3)16-7-9-18-14(12-16)11-15-13-17(21(4,5)6)8-10-19(15)18;1-8-2-3-9(6-8)10-4-5-11-7-10;;;/h7-10,12H,11H2,1-6H3;2-5,7-8H,1H3;2*1H;/q2*-1;;;+4/p-2. The number of hydrogen-bond acceptors (Lipinski definition) is 1. The van der Waals surface area contributed by atoms with E-state index in [0.717, 1.165) is 17.6 Å². The maximum atomic E-state index is 4.97. The smallest absolute Gasteiger partial charge is 1.00 e. The number of benzene rings is 2. The second kappa shape index (κ2) is 12.3. The van der Waals surface area contributed by atoms with Gasteiger partial charge < -0.3 is 29.2 Å². The number of furan rings is 1. The summed E-state index contributed by atoms with van der Waals surface area (Å²) in [6, 6.07) is 17.1. The molecule has 0 saturated heterocycles. The van der Waals surface area contributed by atoms with E-state index in [1.807, 2.05) is 6.07 Å². The molecule has 2 aromatic carbocycles. The van der Waals surface area contributed by atoms with Gasteiger partial charge in [-0.15, -0.1) is 17.2 Å². The summed E-state index contributed by atoms with van der Waals surface area (Å²) in [6.45, 7) is 15.7. The molecule has 0 N–H and O–H groups in total. The van der Waals surface area contributed by atoms with Crippen molar-refractivity contribution in [2.45, 2.75) is 65.7 Å². The van der Waals surface area contributed by atoms with E-state index in [0.29, 0.717) is 5.92 Å². The average molecular weight is 585 g/mol. The van der Waals surface area contributed by atoms with Crippen molar-refractivity contribution in [1.82, 2.24) is 0 Å². The van der Waals surface area contributed by atoms with Gasteiger partial charge in [0.15, 0.2) is 0 Å². The molecule has 0 spiro atoms. The van der Waals surface area contributed by atoms with Crippen molar-refractivity contribution in [2.75, 3.05) is 0 Å². The number of fused-ring (bicyclic) bond motifs is 3. The van der Waals surface area contributed by atoms with Gasteiger partial charge in [0.1, 0.15) is 0 Å². The predicted octanol–water partition coefficient (Wildman–Crippen LogP) is 2.33. The maximum Gasteiger partial charge on any atom is 4.00 e. The molecule has 1 unspecified atom stereocenters. The second-order valence-corrected chi connectivity index (χ2v) is 11.0. The van der Waals surface area contributed by atoms with Gasteiger partial charge in [-0.3, -0.25) is 0 Å². The summed E-state index contributed by atoms with van der Waals surface area (Å²) in [5.41, 5.74) is 11.0. The fourth-order valence-corrected chi connectivity index (χ4v) is 4.21. The van der Waals surface area contributed by atoms with Crippen molar-refractivity contribution in [2.24, 2.45) is 5.92 Å². The van der Waals surface area contributed by atoms with Crippen molar-refractivity contribution in [3.63, 3.8) is 0 Å². The van der Waals surface area contributed by atoms with Crippen LogP contribution in [0.1, 0.15) is 76.3 Å². The molecule has 1 atom stereocenters. The van der Waals surface area contributed by atoms with Gasteiger partial charge in [-0.1, -0.05) is 89.8 Å². The largest absolute Gasteiger partial charge is 4.00 e. The fourth-order valence-electron chi connectivity index (χ4n) is 4.21. The Morgan fingerprint density at radius 1 is 0.886 bits per heavy atom. The molecule has 182 valence electrons. The first-order valence-electron chi connectivity index (χ1n) is 11.6. The third-order valence-electron chi connectivity index (χ3n) is 6.23. The number of allylic oxidation sites excluding steroid dienone is 4. The average Bonchev–Trinajstić information content (AvgIpc) is 3.45. The SMILES string of the molecule is CC(C)(C)c1[c-]c2c(cc1)-c1ccc(C(C)(C)C)cc1C2.CC1[C-]=C(c2ccoc2)C=C1.[Cl-].[Cl-].[Zr+4]. The van der Waals surface area contributed by atoms with Crippen molar-refractivity contribution in [3.8, 4) is 11.1 Å². The van der Waals surface area contributed by atoms with E-state index in [4.69, 9.17) is 4.42 Å². The van der Waals surface area contributed by atoms with Crippen LogP contribution in [0.3, 0.4) is 0 Å². The summed E-state index contributed by atoms with van der Waals surface area (Å²) in [4.78, 5) is 0. The predicted molar refractivity (Wildman–Crippen MR) is 135 cm³/mol. The molecule has 0 fully saturated rings. The van der Waals surface area contributed by atoms with Crippen LogP contribution in [0.4, 0.5) is 0 Å². The first-order valence-corrected chi connectivity index (χ1v) is 11.6. The maximum absolute atomic E-state index is 4.97. The first kappa shape index (κ1) is 31.7. The van der Waals surface area contributed by atoms with E-state index >= 15 is 0 Å². The zero-order valence-corrected chi connectivity index (χ0v) is 25.7. The third-order valence-corrected chi connectivity index (χ3v) is 6.23. The summed E-state index contributed by atoms with van der Waals surface area (Å²) < 4.78 is 4.97. The molecule has 0 radical (unpaired) electrons. The quantitative estimate of drug-likeness (QED) is 0.313. The van der Waals surface area contributed by atoms with Crippen molar-refractivity contribution in [1.29, 1.82) is 0 Å². The van der Waals surface area contributed by atoms with Crippen LogP contribution < -0.4 is 24.8 Å². The Hall–Kier alpha value is -1.34. The monoisotopic (exact) mass is 582 g/mol. The van der Waals surface area contributed by atoms with E-state index in [1.54, 1.807) is 12.5 Å². The Balaban J connectivity index is 0.000000375. The topological polar surface area (TPSA) is 13.1 Å². The Morgan fingerprint density at radius 3 is 2.11 bits per heavy atom. The summed E-state index contributed by atoms with van der Waals surface area (Å²) in [6.07, 6.45) is 12.0. The molecule has 3 aromatic rings. The van der Waals surface area contributed by atoms with Crippen LogP contribution in [0, 0.1) is 18.1 Å².